The molecule has 0 fully saturated rings. The maximum Gasteiger partial charge on any atom is 0.303 e. The molecule has 15 heavy (non-hydrogen) atoms. The Morgan fingerprint density at radius 2 is 2.00 bits per heavy atom. The molecule has 0 radical (unpaired) electrons. The minimum Gasteiger partial charge on any atom is -0.481 e. The largest absolute Gasteiger partial charge is 0.481 e. The van der Waals surface area contributed by atoms with Crippen LogP contribution in [0.4, 0.5) is 0 Å². The summed E-state index contributed by atoms with van der Waals surface area (Å²) in [6.45, 7) is 5.15. The highest BCUT2D eigenvalue weighted by atomic mass is 16.4. The zero-order valence-corrected chi connectivity index (χ0v) is 9.33. The summed E-state index contributed by atoms with van der Waals surface area (Å²) in [6, 6.07) is 0. The van der Waals surface area contributed by atoms with Crippen molar-refractivity contribution in [1.29, 1.82) is 0 Å². The van der Waals surface area contributed by atoms with E-state index in [1.165, 1.54) is 0 Å². The Morgan fingerprint density at radius 1 is 1.47 bits per heavy atom. The van der Waals surface area contributed by atoms with Crippen molar-refractivity contribution >= 4 is 11.9 Å². The maximum absolute atomic E-state index is 11.4. The zero-order valence-electron chi connectivity index (χ0n) is 9.33. The molecule has 0 aliphatic rings. The first kappa shape index (κ1) is 13.5. The molecular weight excluding hydrogens is 194 g/mol. The van der Waals surface area contributed by atoms with Crippen LogP contribution in [0.2, 0.25) is 0 Å². The van der Waals surface area contributed by atoms with Crippen molar-refractivity contribution in [3.8, 4) is 12.3 Å². The van der Waals surface area contributed by atoms with Crippen LogP contribution < -0.4 is 5.32 Å². The number of hydrogen-bond acceptors (Lipinski definition) is 2. The molecule has 0 saturated carbocycles. The van der Waals surface area contributed by atoms with Crippen LogP contribution in [0.15, 0.2) is 0 Å². The molecule has 0 aliphatic carbocycles. The highest BCUT2D eigenvalue weighted by Crippen LogP contribution is 2.08. The fourth-order valence-corrected chi connectivity index (χ4v) is 1.12. The van der Waals surface area contributed by atoms with E-state index in [-0.39, 0.29) is 24.7 Å². The van der Waals surface area contributed by atoms with Crippen LogP contribution in [0.5, 0.6) is 0 Å². The second-order valence-corrected chi connectivity index (χ2v) is 4.22. The summed E-state index contributed by atoms with van der Waals surface area (Å²) in [6.07, 6.45) is 5.38. The lowest BCUT2D eigenvalue weighted by Crippen LogP contribution is -2.42. The van der Waals surface area contributed by atoms with Crippen LogP contribution in [0.1, 0.15) is 33.6 Å². The molecule has 84 valence electrons. The van der Waals surface area contributed by atoms with E-state index in [0.717, 1.165) is 0 Å². The molecule has 4 nitrogen and oxygen atoms in total. The van der Waals surface area contributed by atoms with Crippen LogP contribution in [0.3, 0.4) is 0 Å². The van der Waals surface area contributed by atoms with E-state index in [0.29, 0.717) is 0 Å². The number of terminal acetylenes is 1. The molecule has 1 unspecified atom stereocenters. The topological polar surface area (TPSA) is 66.4 Å². The van der Waals surface area contributed by atoms with Crippen molar-refractivity contribution in [3.05, 3.63) is 0 Å². The molecule has 0 saturated heterocycles. The van der Waals surface area contributed by atoms with Gasteiger partial charge in [0.15, 0.2) is 0 Å². The molecule has 0 aliphatic heterocycles. The van der Waals surface area contributed by atoms with E-state index >= 15 is 0 Å². The van der Waals surface area contributed by atoms with E-state index in [1.54, 1.807) is 20.8 Å². The van der Waals surface area contributed by atoms with Crippen molar-refractivity contribution in [2.24, 2.45) is 5.92 Å². The standard InChI is InChI=1S/C11H17NO3/c1-5-11(3,4)12-9(13)6-8(2)7-10(14)15/h1,8H,6-7H2,2-4H3,(H,12,13)(H,14,15). The van der Waals surface area contributed by atoms with Gasteiger partial charge >= 0.3 is 5.97 Å². The lowest BCUT2D eigenvalue weighted by Gasteiger charge is -2.20. The van der Waals surface area contributed by atoms with Crippen LogP contribution in [0, 0.1) is 18.3 Å². The number of aliphatic carboxylic acids is 1. The second-order valence-electron chi connectivity index (χ2n) is 4.22. The Morgan fingerprint density at radius 3 is 2.40 bits per heavy atom. The molecule has 2 N–H and O–H groups in total. The van der Waals surface area contributed by atoms with Gasteiger partial charge in [0.25, 0.3) is 0 Å². The quantitative estimate of drug-likeness (QED) is 0.667. The van der Waals surface area contributed by atoms with Gasteiger partial charge in [-0.1, -0.05) is 12.8 Å². The van der Waals surface area contributed by atoms with Gasteiger partial charge in [0, 0.05) is 12.8 Å². The average Bonchev–Trinajstić information content (AvgIpc) is 2.00. The van der Waals surface area contributed by atoms with E-state index in [2.05, 4.69) is 11.2 Å². The van der Waals surface area contributed by atoms with Gasteiger partial charge in [-0.15, -0.1) is 6.42 Å². The number of hydrogen-bond donors (Lipinski definition) is 2. The fraction of sp³-hybridized carbons (Fsp3) is 0.636. The van der Waals surface area contributed by atoms with Crippen molar-refractivity contribution in [2.45, 2.75) is 39.2 Å². The Bertz CT molecular complexity index is 289. The molecular formula is C11H17NO3. The van der Waals surface area contributed by atoms with Crippen molar-refractivity contribution in [2.75, 3.05) is 0 Å². The van der Waals surface area contributed by atoms with Crippen LogP contribution in [0.25, 0.3) is 0 Å². The van der Waals surface area contributed by atoms with Gasteiger partial charge in [-0.2, -0.15) is 0 Å². The summed E-state index contributed by atoms with van der Waals surface area (Å²) < 4.78 is 0. The predicted octanol–water partition coefficient (Wildman–Crippen LogP) is 1.02. The third-order valence-electron chi connectivity index (χ3n) is 1.87. The van der Waals surface area contributed by atoms with Crippen LogP contribution >= 0.6 is 0 Å². The second kappa shape index (κ2) is 5.40. The van der Waals surface area contributed by atoms with Crippen molar-refractivity contribution < 1.29 is 14.7 Å². The average molecular weight is 211 g/mol. The van der Waals surface area contributed by atoms with Crippen molar-refractivity contribution in [3.63, 3.8) is 0 Å². The highest BCUT2D eigenvalue weighted by molar-refractivity contribution is 5.78. The Balaban J connectivity index is 4.06. The number of rotatable bonds is 5. The van der Waals surface area contributed by atoms with Gasteiger partial charge < -0.3 is 10.4 Å². The number of amides is 1. The number of nitrogens with one attached hydrogen (secondary N) is 1. The molecule has 0 rings (SSSR count). The summed E-state index contributed by atoms with van der Waals surface area (Å²) in [7, 11) is 0. The first-order valence-electron chi connectivity index (χ1n) is 4.77. The molecule has 0 bridgehead atoms. The molecule has 1 amide bonds. The Kier molecular flexibility index (Phi) is 4.86. The number of carbonyl (C=O) groups is 2. The molecule has 0 spiro atoms. The molecule has 0 aromatic heterocycles. The number of carboxylic acids is 1. The third-order valence-corrected chi connectivity index (χ3v) is 1.87. The lowest BCUT2D eigenvalue weighted by molar-refractivity contribution is -0.138. The number of carbonyl (C=O) groups excluding carboxylic acids is 1. The van der Waals surface area contributed by atoms with Gasteiger partial charge in [0.1, 0.15) is 0 Å². The maximum atomic E-state index is 11.4. The summed E-state index contributed by atoms with van der Waals surface area (Å²) >= 11 is 0. The lowest BCUT2D eigenvalue weighted by atomic mass is 10.0. The van der Waals surface area contributed by atoms with E-state index in [1.807, 2.05) is 0 Å². The first-order chi connectivity index (χ1) is 6.76. The van der Waals surface area contributed by atoms with E-state index in [4.69, 9.17) is 11.5 Å². The normalized spacial score (nSPS) is 12.7. The summed E-state index contributed by atoms with van der Waals surface area (Å²) in [5.41, 5.74) is -0.681. The van der Waals surface area contributed by atoms with Crippen LogP contribution in [-0.2, 0) is 9.59 Å². The molecule has 0 aromatic rings. The molecule has 0 heterocycles. The molecule has 1 atom stereocenters. The van der Waals surface area contributed by atoms with E-state index < -0.39 is 11.5 Å². The van der Waals surface area contributed by atoms with Crippen molar-refractivity contribution in [1.82, 2.24) is 5.32 Å². The number of carboxylic acid groups (broad SMARTS) is 1. The zero-order chi connectivity index (χ0) is 12.1. The first-order valence-corrected chi connectivity index (χ1v) is 4.77. The minimum absolute atomic E-state index is 0.0100. The van der Waals surface area contributed by atoms with Gasteiger partial charge in [-0.3, -0.25) is 9.59 Å². The molecule has 0 aromatic carbocycles. The fourth-order valence-electron chi connectivity index (χ4n) is 1.12. The highest BCUT2D eigenvalue weighted by Gasteiger charge is 2.19. The summed E-state index contributed by atoms with van der Waals surface area (Å²) in [4.78, 5) is 21.8. The summed E-state index contributed by atoms with van der Waals surface area (Å²) in [5.74, 6) is 1.14. The molecule has 4 heteroatoms. The summed E-state index contributed by atoms with van der Waals surface area (Å²) in [5, 5.41) is 11.2. The predicted molar refractivity (Wildman–Crippen MR) is 57.1 cm³/mol. The van der Waals surface area contributed by atoms with Gasteiger partial charge in [-0.25, -0.2) is 0 Å². The minimum atomic E-state index is -0.897. The monoisotopic (exact) mass is 211 g/mol. The third kappa shape index (κ3) is 6.55. The van der Waals surface area contributed by atoms with Crippen LogP contribution in [-0.4, -0.2) is 22.5 Å². The van der Waals surface area contributed by atoms with E-state index in [9.17, 15) is 9.59 Å². The Hall–Kier alpha value is -1.50. The van der Waals surface area contributed by atoms with Gasteiger partial charge in [0.05, 0.1) is 5.54 Å². The SMILES string of the molecule is C#CC(C)(C)NC(=O)CC(C)CC(=O)O. The van der Waals surface area contributed by atoms with Gasteiger partial charge in [0.2, 0.25) is 5.91 Å². The Labute approximate surface area is 90.1 Å². The smallest absolute Gasteiger partial charge is 0.303 e. The van der Waals surface area contributed by atoms with Gasteiger partial charge in [-0.05, 0) is 19.8 Å².